The Morgan fingerprint density at radius 1 is 0.969 bits per heavy atom. The number of nitrogens with one attached hydrogen (secondary N) is 1. The van der Waals surface area contributed by atoms with Crippen LogP contribution in [0.1, 0.15) is 28.1 Å². The summed E-state index contributed by atoms with van der Waals surface area (Å²) in [5.41, 5.74) is 1.81. The average molecular weight is 484 g/mol. The zero-order chi connectivity index (χ0) is 22.1. The zero-order valence-electron chi connectivity index (χ0n) is 17.2. The molecule has 0 bridgehead atoms. The first-order chi connectivity index (χ1) is 15.5. The molecule has 1 aliphatic rings. The largest absolute Gasteiger partial charge is 0.347 e. The molecule has 0 saturated carbocycles. The van der Waals surface area contributed by atoms with Gasteiger partial charge in [-0.3, -0.25) is 4.79 Å². The minimum Gasteiger partial charge on any atom is -0.347 e. The van der Waals surface area contributed by atoms with Gasteiger partial charge in [-0.1, -0.05) is 24.3 Å². The van der Waals surface area contributed by atoms with Gasteiger partial charge in [-0.15, -0.1) is 22.7 Å². The molecule has 9 heteroatoms. The molecule has 1 saturated heterocycles. The van der Waals surface area contributed by atoms with E-state index in [2.05, 4.69) is 10.3 Å². The van der Waals surface area contributed by atoms with Crippen LogP contribution in [0.2, 0.25) is 0 Å². The third kappa shape index (κ3) is 4.21. The fourth-order valence-electron chi connectivity index (χ4n) is 3.68. The molecule has 0 spiro atoms. The summed E-state index contributed by atoms with van der Waals surface area (Å²) in [7, 11) is -3.42. The molecule has 164 valence electrons. The quantitative estimate of drug-likeness (QED) is 0.430. The molecule has 0 aliphatic carbocycles. The van der Waals surface area contributed by atoms with Crippen molar-refractivity contribution in [2.45, 2.75) is 24.3 Å². The van der Waals surface area contributed by atoms with Crippen molar-refractivity contribution < 1.29 is 13.2 Å². The van der Waals surface area contributed by atoms with Crippen LogP contribution in [0, 0.1) is 0 Å². The van der Waals surface area contributed by atoms with Crippen LogP contribution in [0.5, 0.6) is 0 Å². The molecule has 1 aliphatic heterocycles. The van der Waals surface area contributed by atoms with Crippen LogP contribution < -0.4 is 5.32 Å². The fraction of sp³-hybridized carbons (Fsp3) is 0.217. The first-order valence-corrected chi connectivity index (χ1v) is 13.4. The number of fused-ring (bicyclic) bond motifs is 1. The Hall–Kier alpha value is -2.59. The molecule has 0 atom stereocenters. The Kier molecular flexibility index (Phi) is 5.81. The lowest BCUT2D eigenvalue weighted by atomic mass is 10.2. The summed E-state index contributed by atoms with van der Waals surface area (Å²) < 4.78 is 27.9. The van der Waals surface area contributed by atoms with Crippen molar-refractivity contribution in [3.05, 3.63) is 71.1 Å². The van der Waals surface area contributed by atoms with Crippen molar-refractivity contribution in [3.8, 4) is 9.88 Å². The molecular weight excluding hydrogens is 462 g/mol. The Morgan fingerprint density at radius 3 is 2.47 bits per heavy atom. The highest BCUT2D eigenvalue weighted by atomic mass is 32.2. The molecule has 0 radical (unpaired) electrons. The summed E-state index contributed by atoms with van der Waals surface area (Å²) in [5, 5.41) is 3.82. The number of thiazole rings is 1. The number of benzene rings is 2. The van der Waals surface area contributed by atoms with Gasteiger partial charge in [0, 0.05) is 19.6 Å². The smallest absolute Gasteiger partial charge is 0.261 e. The van der Waals surface area contributed by atoms with E-state index in [9.17, 15) is 13.2 Å². The molecular formula is C23H21N3O3S3. The van der Waals surface area contributed by atoms with Gasteiger partial charge >= 0.3 is 0 Å². The normalized spacial score (nSPS) is 14.8. The van der Waals surface area contributed by atoms with Crippen molar-refractivity contribution in [1.82, 2.24) is 14.6 Å². The maximum absolute atomic E-state index is 12.6. The van der Waals surface area contributed by atoms with Gasteiger partial charge in [0.15, 0.2) is 0 Å². The van der Waals surface area contributed by atoms with Crippen molar-refractivity contribution in [2.24, 2.45) is 0 Å². The number of carbonyl (C=O) groups excluding carboxylic acids is 1. The van der Waals surface area contributed by atoms with Crippen LogP contribution in [-0.4, -0.2) is 36.7 Å². The summed E-state index contributed by atoms with van der Waals surface area (Å²) in [5.74, 6) is -0.156. The van der Waals surface area contributed by atoms with E-state index in [-0.39, 0.29) is 5.91 Å². The minimum atomic E-state index is -3.42. The van der Waals surface area contributed by atoms with Crippen LogP contribution in [0.3, 0.4) is 0 Å². The number of thiophene rings is 1. The van der Waals surface area contributed by atoms with E-state index in [1.807, 2.05) is 36.4 Å². The maximum Gasteiger partial charge on any atom is 0.261 e. The number of hydrogen-bond donors (Lipinski definition) is 1. The number of nitrogens with zero attached hydrogens (tertiary/aromatic N) is 2. The highest BCUT2D eigenvalue weighted by molar-refractivity contribution is 7.89. The van der Waals surface area contributed by atoms with Crippen molar-refractivity contribution in [2.75, 3.05) is 13.1 Å². The van der Waals surface area contributed by atoms with E-state index in [1.54, 1.807) is 35.6 Å². The second-order valence-electron chi connectivity index (χ2n) is 7.59. The van der Waals surface area contributed by atoms with Gasteiger partial charge in [0.25, 0.3) is 5.91 Å². The predicted molar refractivity (Wildman–Crippen MR) is 129 cm³/mol. The van der Waals surface area contributed by atoms with Crippen LogP contribution in [-0.2, 0) is 16.6 Å². The maximum atomic E-state index is 12.6. The second-order valence-corrected chi connectivity index (χ2v) is 11.6. The SMILES string of the molecule is O=C(NCc1ccc(S(=O)(=O)N2CCCC2)cc1)c1ccc(-c2nc3ccccc3s2)s1. The highest BCUT2D eigenvalue weighted by Crippen LogP contribution is 2.34. The molecule has 1 amide bonds. The molecule has 0 unspecified atom stereocenters. The monoisotopic (exact) mass is 483 g/mol. The summed E-state index contributed by atoms with van der Waals surface area (Å²) in [6.45, 7) is 1.50. The Bertz CT molecular complexity index is 1340. The Morgan fingerprint density at radius 2 is 1.72 bits per heavy atom. The molecule has 5 rings (SSSR count). The number of aromatic nitrogens is 1. The average Bonchev–Trinajstić information content (AvgIpc) is 3.57. The molecule has 3 heterocycles. The minimum absolute atomic E-state index is 0.156. The van der Waals surface area contributed by atoms with E-state index in [0.717, 1.165) is 38.5 Å². The Balaban J connectivity index is 1.23. The number of hydrogen-bond acceptors (Lipinski definition) is 6. The number of amides is 1. The molecule has 1 fully saturated rings. The third-order valence-electron chi connectivity index (χ3n) is 5.41. The summed E-state index contributed by atoms with van der Waals surface area (Å²) in [6, 6.07) is 18.5. The third-order valence-corrected chi connectivity index (χ3v) is 9.62. The van der Waals surface area contributed by atoms with Gasteiger partial charge in [0.2, 0.25) is 10.0 Å². The van der Waals surface area contributed by atoms with Crippen LogP contribution in [0.4, 0.5) is 0 Å². The van der Waals surface area contributed by atoms with Gasteiger partial charge in [0.1, 0.15) is 5.01 Å². The first kappa shape index (κ1) is 21.3. The lowest BCUT2D eigenvalue weighted by Crippen LogP contribution is -2.27. The highest BCUT2D eigenvalue weighted by Gasteiger charge is 2.26. The summed E-state index contributed by atoms with van der Waals surface area (Å²) >= 11 is 3.03. The molecule has 32 heavy (non-hydrogen) atoms. The van der Waals surface area contributed by atoms with E-state index >= 15 is 0 Å². The lowest BCUT2D eigenvalue weighted by molar-refractivity contribution is 0.0955. The molecule has 6 nitrogen and oxygen atoms in total. The number of para-hydroxylation sites is 1. The van der Waals surface area contributed by atoms with Crippen molar-refractivity contribution in [3.63, 3.8) is 0 Å². The molecule has 4 aromatic rings. The van der Waals surface area contributed by atoms with Gasteiger partial charge in [-0.25, -0.2) is 13.4 Å². The van der Waals surface area contributed by atoms with E-state index in [1.165, 1.54) is 15.6 Å². The number of carbonyl (C=O) groups is 1. The molecule has 2 aromatic heterocycles. The van der Waals surface area contributed by atoms with E-state index in [4.69, 9.17) is 0 Å². The summed E-state index contributed by atoms with van der Waals surface area (Å²) in [4.78, 5) is 19.1. The van der Waals surface area contributed by atoms with Gasteiger partial charge in [-0.2, -0.15) is 4.31 Å². The van der Waals surface area contributed by atoms with Crippen LogP contribution >= 0.6 is 22.7 Å². The predicted octanol–water partition coefficient (Wildman–Crippen LogP) is 4.74. The molecule has 1 N–H and O–H groups in total. The van der Waals surface area contributed by atoms with Gasteiger partial charge in [-0.05, 0) is 54.8 Å². The summed E-state index contributed by atoms with van der Waals surface area (Å²) in [6.07, 6.45) is 1.82. The number of rotatable bonds is 6. The van der Waals surface area contributed by atoms with Gasteiger partial charge < -0.3 is 5.32 Å². The van der Waals surface area contributed by atoms with E-state index in [0.29, 0.717) is 29.4 Å². The van der Waals surface area contributed by atoms with Crippen LogP contribution in [0.25, 0.3) is 20.1 Å². The fourth-order valence-corrected chi connectivity index (χ4v) is 7.14. The molecule has 2 aromatic carbocycles. The van der Waals surface area contributed by atoms with Crippen molar-refractivity contribution >= 4 is 48.8 Å². The topological polar surface area (TPSA) is 79.4 Å². The number of sulfonamides is 1. The van der Waals surface area contributed by atoms with Gasteiger partial charge in [0.05, 0.1) is 24.9 Å². The lowest BCUT2D eigenvalue weighted by Gasteiger charge is -2.15. The zero-order valence-corrected chi connectivity index (χ0v) is 19.6. The Labute approximate surface area is 194 Å². The second kappa shape index (κ2) is 8.74. The van der Waals surface area contributed by atoms with E-state index < -0.39 is 10.0 Å². The van der Waals surface area contributed by atoms with Crippen LogP contribution in [0.15, 0.2) is 65.6 Å². The standard InChI is InChI=1S/C23H21N3O3S3/c27-22(20-11-12-21(30-20)23-25-18-5-1-2-6-19(18)31-23)24-15-16-7-9-17(10-8-16)32(28,29)26-13-3-4-14-26/h1-2,5-12H,3-4,13-15H2,(H,24,27). The van der Waals surface area contributed by atoms with Crippen molar-refractivity contribution in [1.29, 1.82) is 0 Å². The first-order valence-electron chi connectivity index (χ1n) is 10.3.